The first-order chi connectivity index (χ1) is 10.5. The maximum absolute atomic E-state index is 12.3. The van der Waals surface area contributed by atoms with Crippen LogP contribution in [0.3, 0.4) is 0 Å². The van der Waals surface area contributed by atoms with E-state index in [1.165, 1.54) is 0 Å². The van der Waals surface area contributed by atoms with Gasteiger partial charge in [-0.2, -0.15) is 0 Å². The molecule has 2 amide bonds. The van der Waals surface area contributed by atoms with Gasteiger partial charge in [-0.25, -0.2) is 4.98 Å². The molecule has 22 heavy (non-hydrogen) atoms. The van der Waals surface area contributed by atoms with Crippen molar-refractivity contribution >= 4 is 17.6 Å². The lowest BCUT2D eigenvalue weighted by Gasteiger charge is -2.30. The molecule has 0 spiro atoms. The third-order valence-corrected chi connectivity index (χ3v) is 4.08. The molecule has 6 heteroatoms. The maximum Gasteiger partial charge on any atom is 0.253 e. The van der Waals surface area contributed by atoms with E-state index in [4.69, 9.17) is 0 Å². The van der Waals surface area contributed by atoms with Crippen LogP contribution in [-0.4, -0.2) is 48.9 Å². The molecule has 1 aliphatic rings. The summed E-state index contributed by atoms with van der Waals surface area (Å²) in [6.07, 6.45) is 5.07. The monoisotopic (exact) mass is 304 g/mol. The van der Waals surface area contributed by atoms with E-state index in [0.29, 0.717) is 12.0 Å². The Bertz CT molecular complexity index is 527. The smallest absolute Gasteiger partial charge is 0.253 e. The fraction of sp³-hybridized carbons (Fsp3) is 0.562. The lowest BCUT2D eigenvalue weighted by molar-refractivity contribution is -0.134. The van der Waals surface area contributed by atoms with Gasteiger partial charge in [0.15, 0.2) is 0 Å². The zero-order valence-corrected chi connectivity index (χ0v) is 13.4. The number of carbonyl (C=O) groups is 2. The van der Waals surface area contributed by atoms with E-state index in [-0.39, 0.29) is 23.8 Å². The second kappa shape index (κ2) is 7.24. The average Bonchev–Trinajstić information content (AvgIpc) is 2.54. The molecule has 120 valence electrons. The summed E-state index contributed by atoms with van der Waals surface area (Å²) in [6.45, 7) is 0. The molecule has 0 bridgehead atoms. The van der Waals surface area contributed by atoms with Crippen LogP contribution < -0.4 is 10.6 Å². The normalized spacial score (nSPS) is 21.0. The summed E-state index contributed by atoms with van der Waals surface area (Å²) in [5.74, 6) is 0.766. The van der Waals surface area contributed by atoms with E-state index < -0.39 is 0 Å². The van der Waals surface area contributed by atoms with E-state index in [1.807, 2.05) is 0 Å². The molecule has 1 aromatic heterocycles. The number of nitrogens with one attached hydrogen (secondary N) is 2. The average molecular weight is 304 g/mol. The highest BCUT2D eigenvalue weighted by molar-refractivity contribution is 5.94. The Hall–Kier alpha value is -2.11. The summed E-state index contributed by atoms with van der Waals surface area (Å²) >= 11 is 0. The molecule has 0 unspecified atom stereocenters. The molecular weight excluding hydrogens is 280 g/mol. The molecular formula is C16H24N4O2. The van der Waals surface area contributed by atoms with Crippen molar-refractivity contribution in [2.75, 3.05) is 26.5 Å². The molecule has 0 radical (unpaired) electrons. The fourth-order valence-electron chi connectivity index (χ4n) is 2.86. The second-order valence-corrected chi connectivity index (χ2v) is 5.95. The maximum atomic E-state index is 12.3. The molecule has 1 saturated carbocycles. The van der Waals surface area contributed by atoms with E-state index in [9.17, 15) is 9.59 Å². The molecule has 2 rings (SSSR count). The summed E-state index contributed by atoms with van der Waals surface area (Å²) in [5.41, 5.74) is 0.542. The second-order valence-electron chi connectivity index (χ2n) is 5.95. The Balaban J connectivity index is 1.94. The molecule has 2 atom stereocenters. The molecule has 1 fully saturated rings. The Morgan fingerprint density at radius 2 is 2.05 bits per heavy atom. The predicted molar refractivity (Wildman–Crippen MR) is 85.7 cm³/mol. The van der Waals surface area contributed by atoms with Crippen LogP contribution >= 0.6 is 0 Å². The van der Waals surface area contributed by atoms with Crippen LogP contribution in [0.4, 0.5) is 5.82 Å². The van der Waals surface area contributed by atoms with Gasteiger partial charge in [-0.3, -0.25) is 9.59 Å². The van der Waals surface area contributed by atoms with Crippen LogP contribution in [0, 0.1) is 5.92 Å². The summed E-state index contributed by atoms with van der Waals surface area (Å²) in [4.78, 5) is 30.1. The van der Waals surface area contributed by atoms with Crippen molar-refractivity contribution < 1.29 is 9.59 Å². The van der Waals surface area contributed by atoms with Crippen molar-refractivity contribution in [2.45, 2.75) is 31.7 Å². The van der Waals surface area contributed by atoms with Crippen LogP contribution in [-0.2, 0) is 4.79 Å². The lowest BCUT2D eigenvalue weighted by Crippen LogP contribution is -2.42. The van der Waals surface area contributed by atoms with Gasteiger partial charge in [-0.15, -0.1) is 0 Å². The summed E-state index contributed by atoms with van der Waals surface area (Å²) in [6, 6.07) is 3.58. The Morgan fingerprint density at radius 3 is 2.64 bits per heavy atom. The minimum absolute atomic E-state index is 0.0128. The topological polar surface area (TPSA) is 74.3 Å². The van der Waals surface area contributed by atoms with Crippen molar-refractivity contribution in [3.63, 3.8) is 0 Å². The quantitative estimate of drug-likeness (QED) is 0.884. The zero-order valence-electron chi connectivity index (χ0n) is 13.4. The van der Waals surface area contributed by atoms with Gasteiger partial charge in [0.25, 0.3) is 5.91 Å². The third-order valence-electron chi connectivity index (χ3n) is 4.08. The number of aromatic nitrogens is 1. The summed E-state index contributed by atoms with van der Waals surface area (Å²) in [5, 5.41) is 5.94. The van der Waals surface area contributed by atoms with Gasteiger partial charge in [-0.1, -0.05) is 6.42 Å². The standard InChI is InChI=1S/C16H24N4O2/c1-17-14-8-7-12(10-18-14)15(21)19-13-6-4-5-11(9-13)16(22)20(2)3/h7-8,10-11,13H,4-6,9H2,1-3H3,(H,17,18)(H,19,21)/t11-,13-/m1/s1. The van der Waals surface area contributed by atoms with Gasteiger partial charge in [-0.05, 0) is 31.4 Å². The molecule has 0 saturated heterocycles. The number of rotatable bonds is 4. The van der Waals surface area contributed by atoms with E-state index >= 15 is 0 Å². The van der Waals surface area contributed by atoms with Crippen molar-refractivity contribution in [3.05, 3.63) is 23.9 Å². The number of anilines is 1. The number of hydrogen-bond donors (Lipinski definition) is 2. The van der Waals surface area contributed by atoms with E-state index in [2.05, 4.69) is 15.6 Å². The van der Waals surface area contributed by atoms with Crippen molar-refractivity contribution in [2.24, 2.45) is 5.92 Å². The first kappa shape index (κ1) is 16.3. The van der Waals surface area contributed by atoms with Crippen LogP contribution in [0.5, 0.6) is 0 Å². The molecule has 1 aliphatic carbocycles. The first-order valence-electron chi connectivity index (χ1n) is 7.67. The lowest BCUT2D eigenvalue weighted by atomic mass is 9.84. The molecule has 2 N–H and O–H groups in total. The largest absolute Gasteiger partial charge is 0.373 e. The van der Waals surface area contributed by atoms with E-state index in [1.54, 1.807) is 44.4 Å². The Morgan fingerprint density at radius 1 is 1.27 bits per heavy atom. The SMILES string of the molecule is CNc1ccc(C(=O)N[C@@H]2CCC[C@@H](C(=O)N(C)C)C2)cn1. The van der Waals surface area contributed by atoms with Gasteiger partial charge in [0.05, 0.1) is 5.56 Å². The number of carbonyl (C=O) groups excluding carboxylic acids is 2. The van der Waals surface area contributed by atoms with Crippen molar-refractivity contribution in [1.82, 2.24) is 15.2 Å². The van der Waals surface area contributed by atoms with Gasteiger partial charge in [0.1, 0.15) is 5.82 Å². The van der Waals surface area contributed by atoms with Crippen molar-refractivity contribution in [1.29, 1.82) is 0 Å². The third kappa shape index (κ3) is 3.96. The minimum atomic E-state index is -0.127. The fourth-order valence-corrected chi connectivity index (χ4v) is 2.86. The van der Waals surface area contributed by atoms with Gasteiger partial charge in [0, 0.05) is 39.3 Å². The van der Waals surface area contributed by atoms with Crippen molar-refractivity contribution in [3.8, 4) is 0 Å². The molecule has 1 heterocycles. The van der Waals surface area contributed by atoms with E-state index in [0.717, 1.165) is 25.1 Å². The first-order valence-corrected chi connectivity index (χ1v) is 7.67. The highest BCUT2D eigenvalue weighted by atomic mass is 16.2. The van der Waals surface area contributed by atoms with Crippen LogP contribution in [0.1, 0.15) is 36.0 Å². The number of pyridine rings is 1. The molecule has 0 aromatic carbocycles. The number of hydrogen-bond acceptors (Lipinski definition) is 4. The Kier molecular flexibility index (Phi) is 5.35. The summed E-state index contributed by atoms with van der Waals surface area (Å²) in [7, 11) is 5.34. The van der Waals surface area contributed by atoms with Gasteiger partial charge < -0.3 is 15.5 Å². The number of nitrogens with zero attached hydrogens (tertiary/aromatic N) is 2. The highest BCUT2D eigenvalue weighted by Gasteiger charge is 2.29. The van der Waals surface area contributed by atoms with Crippen LogP contribution in [0.15, 0.2) is 18.3 Å². The predicted octanol–water partition coefficient (Wildman–Crippen LogP) is 1.50. The van der Waals surface area contributed by atoms with Gasteiger partial charge in [0.2, 0.25) is 5.91 Å². The van der Waals surface area contributed by atoms with Gasteiger partial charge >= 0.3 is 0 Å². The highest BCUT2D eigenvalue weighted by Crippen LogP contribution is 2.25. The summed E-state index contributed by atoms with van der Waals surface area (Å²) < 4.78 is 0. The van der Waals surface area contributed by atoms with Crippen LogP contribution in [0.25, 0.3) is 0 Å². The molecule has 1 aromatic rings. The number of amides is 2. The molecule has 6 nitrogen and oxygen atoms in total. The molecule has 0 aliphatic heterocycles. The zero-order chi connectivity index (χ0) is 16.1. The Labute approximate surface area is 131 Å². The van der Waals surface area contributed by atoms with Crippen LogP contribution in [0.2, 0.25) is 0 Å². The minimum Gasteiger partial charge on any atom is -0.373 e.